The van der Waals surface area contributed by atoms with Crippen molar-refractivity contribution in [3.8, 4) is 0 Å². The van der Waals surface area contributed by atoms with E-state index in [1.807, 2.05) is 5.32 Å². The first-order valence-corrected chi connectivity index (χ1v) is 19.4. The molecule has 0 saturated carbocycles. The number of rotatable bonds is 34. The molecular weight excluding hydrogens is 896 g/mol. The van der Waals surface area contributed by atoms with Crippen LogP contribution in [0, 0.1) is 0 Å². The maximum absolute atomic E-state index is 13.0. The van der Waals surface area contributed by atoms with Crippen molar-refractivity contribution in [2.24, 2.45) is 5.73 Å². The zero-order chi connectivity index (χ0) is 50.5. The molecule has 0 aliphatic heterocycles. The van der Waals surface area contributed by atoms with E-state index >= 15 is 0 Å². The van der Waals surface area contributed by atoms with Gasteiger partial charge in [-0.15, -0.1) is 0 Å². The quantitative estimate of drug-likeness (QED) is 0.0285. The van der Waals surface area contributed by atoms with Crippen LogP contribution in [0.3, 0.4) is 0 Å². The van der Waals surface area contributed by atoms with Crippen molar-refractivity contribution in [1.29, 1.82) is 0 Å². The van der Waals surface area contributed by atoms with Crippen LogP contribution in [-0.2, 0) is 71.9 Å². The second-order valence-corrected chi connectivity index (χ2v) is 13.7. The van der Waals surface area contributed by atoms with Crippen LogP contribution in [0.1, 0.15) is 64.2 Å². The number of aliphatic carboxylic acids is 6. The second kappa shape index (κ2) is 31.0. The van der Waals surface area contributed by atoms with Crippen molar-refractivity contribution < 1.29 is 103 Å². The van der Waals surface area contributed by atoms with Crippen molar-refractivity contribution in [2.75, 3.05) is 32.7 Å². The average molecular weight is 949 g/mol. The first-order valence-electron chi connectivity index (χ1n) is 19.4. The van der Waals surface area contributed by atoms with Crippen LogP contribution in [0.15, 0.2) is 0 Å². The van der Waals surface area contributed by atoms with Gasteiger partial charge in [-0.2, -0.15) is 0 Å². The summed E-state index contributed by atoms with van der Waals surface area (Å²) < 4.78 is 0. The van der Waals surface area contributed by atoms with Crippen LogP contribution in [0.2, 0.25) is 0 Å². The topological polar surface area (TPSA) is 512 Å². The van der Waals surface area contributed by atoms with Gasteiger partial charge in [0.2, 0.25) is 53.2 Å². The molecule has 2 unspecified atom stereocenters. The van der Waals surface area contributed by atoms with E-state index in [9.17, 15) is 71.9 Å². The largest absolute Gasteiger partial charge is 0.481 e. The SMILES string of the molecule is N[C@@H](CCC(=O)O)C(=O)NCC(=O)N[C@@H](CCC(=O)O)C(=O)NCC(=O)N[C@@H](CCC(=O)O)C(=O)NCC(=O)NC(CCC(=O)O)C(=O)NCC(=O)NC(CCC(=O)O)C(=O)NCC(=O)O. The monoisotopic (exact) mass is 948 g/mol. The minimum absolute atomic E-state index is 0.264. The molecule has 17 N–H and O–H groups in total. The fraction of sp³-hybridized carbons (Fsp3) is 0.571. The Kier molecular flexibility index (Phi) is 27.2. The molecule has 31 nitrogen and oxygen atoms in total. The highest BCUT2D eigenvalue weighted by atomic mass is 16.4. The van der Waals surface area contributed by atoms with E-state index in [-0.39, 0.29) is 6.42 Å². The van der Waals surface area contributed by atoms with E-state index in [4.69, 9.17) is 36.4 Å². The van der Waals surface area contributed by atoms with Gasteiger partial charge >= 0.3 is 35.8 Å². The fourth-order valence-electron chi connectivity index (χ4n) is 4.99. The van der Waals surface area contributed by atoms with Crippen molar-refractivity contribution in [1.82, 2.24) is 47.9 Å². The molecule has 0 bridgehead atoms. The van der Waals surface area contributed by atoms with Gasteiger partial charge in [0, 0.05) is 32.1 Å². The first-order chi connectivity index (χ1) is 30.8. The van der Waals surface area contributed by atoms with E-state index in [1.165, 1.54) is 0 Å². The van der Waals surface area contributed by atoms with Crippen LogP contribution in [0.5, 0.6) is 0 Å². The van der Waals surface area contributed by atoms with E-state index in [0.717, 1.165) is 0 Å². The lowest BCUT2D eigenvalue weighted by Gasteiger charge is -2.21. The highest BCUT2D eigenvalue weighted by molar-refractivity contribution is 5.96. The molecule has 0 radical (unpaired) electrons. The molecular formula is C35H52N10O21. The molecule has 66 heavy (non-hydrogen) atoms. The number of carboxylic acids is 6. The highest BCUT2D eigenvalue weighted by Crippen LogP contribution is 2.03. The molecule has 0 rings (SSSR count). The third-order valence-electron chi connectivity index (χ3n) is 8.31. The molecule has 368 valence electrons. The van der Waals surface area contributed by atoms with Gasteiger partial charge in [0.25, 0.3) is 0 Å². The maximum atomic E-state index is 13.0. The average Bonchev–Trinajstić information content (AvgIpc) is 3.23. The van der Waals surface area contributed by atoms with E-state index < -0.39 is 210 Å². The summed E-state index contributed by atoms with van der Waals surface area (Å²) in [5.41, 5.74) is 5.55. The standard InChI is InChI=1S/C35H52N10O21/c36-16(1-6-25(50)51)31(62)37-11-21(46)42-17(2-7-26(52)53)32(63)38-12-22(47)43-18(3-8-27(54)55)33(64)39-13-23(48)44-19(4-9-28(56)57)34(65)40-14-24(49)45-20(5-10-29(58)59)35(66)41-15-30(60)61/h16-20H,1-15,36H2,(H,37,62)(H,38,63)(H,39,64)(H,40,65)(H,41,66)(H,42,46)(H,43,47)(H,44,48)(H,45,49)(H,50,51)(H,52,53)(H,54,55)(H,56,57)(H,58,59)(H,60,61)/t16-,17-,18-,19?,20?/m0/s1. The summed E-state index contributed by atoms with van der Waals surface area (Å²) in [5, 5.41) is 72.5. The predicted octanol–water partition coefficient (Wildman–Crippen LogP) is -7.76. The van der Waals surface area contributed by atoms with Gasteiger partial charge in [-0.05, 0) is 32.1 Å². The number of carboxylic acid groups (broad SMARTS) is 6. The molecule has 0 aliphatic rings. The van der Waals surface area contributed by atoms with Gasteiger partial charge in [0.05, 0.1) is 32.2 Å². The Labute approximate surface area is 372 Å². The van der Waals surface area contributed by atoms with Gasteiger partial charge in [-0.1, -0.05) is 0 Å². The lowest BCUT2D eigenvalue weighted by Crippen LogP contribution is -2.55. The minimum atomic E-state index is -1.69. The van der Waals surface area contributed by atoms with Gasteiger partial charge < -0.3 is 84.2 Å². The van der Waals surface area contributed by atoms with Crippen molar-refractivity contribution >= 4 is 89.0 Å². The van der Waals surface area contributed by atoms with Crippen LogP contribution in [-0.4, -0.2) is 183 Å². The number of nitrogens with one attached hydrogen (secondary N) is 9. The number of amides is 9. The van der Waals surface area contributed by atoms with Crippen LogP contribution < -0.4 is 53.6 Å². The third kappa shape index (κ3) is 27.9. The molecule has 0 saturated heterocycles. The highest BCUT2D eigenvalue weighted by Gasteiger charge is 2.28. The Morgan fingerprint density at radius 1 is 0.303 bits per heavy atom. The smallest absolute Gasteiger partial charge is 0.322 e. The molecule has 0 spiro atoms. The van der Waals surface area contributed by atoms with E-state index in [0.29, 0.717) is 0 Å². The number of nitrogens with two attached hydrogens (primary N) is 1. The van der Waals surface area contributed by atoms with Crippen molar-refractivity contribution in [3.63, 3.8) is 0 Å². The number of hydrogen-bond acceptors (Lipinski definition) is 16. The summed E-state index contributed by atoms with van der Waals surface area (Å²) in [6, 6.07) is -7.82. The van der Waals surface area contributed by atoms with Crippen molar-refractivity contribution in [2.45, 2.75) is 94.4 Å². The molecule has 31 heteroatoms. The Hall–Kier alpha value is -7.99. The maximum Gasteiger partial charge on any atom is 0.322 e. The number of hydrogen-bond donors (Lipinski definition) is 16. The normalized spacial score (nSPS) is 12.7. The van der Waals surface area contributed by atoms with Gasteiger partial charge in [-0.25, -0.2) is 0 Å². The van der Waals surface area contributed by atoms with Crippen LogP contribution in [0.25, 0.3) is 0 Å². The summed E-state index contributed by atoms with van der Waals surface area (Å²) >= 11 is 0. The zero-order valence-electron chi connectivity index (χ0n) is 34.9. The molecule has 9 amide bonds. The lowest BCUT2D eigenvalue weighted by atomic mass is 10.1. The number of carbonyl (C=O) groups excluding carboxylic acids is 9. The summed E-state index contributed by atoms with van der Waals surface area (Å²) in [6.45, 7) is -4.47. The Morgan fingerprint density at radius 3 is 0.742 bits per heavy atom. The first kappa shape index (κ1) is 58.0. The van der Waals surface area contributed by atoms with Gasteiger partial charge in [0.1, 0.15) is 30.7 Å². The lowest BCUT2D eigenvalue weighted by molar-refractivity contribution is -0.140. The molecule has 0 aromatic heterocycles. The summed E-state index contributed by atoms with van der Waals surface area (Å²) in [4.78, 5) is 180. The summed E-state index contributed by atoms with van der Waals surface area (Å²) in [5.74, 6) is -18.1. The molecule has 5 atom stereocenters. The molecule has 0 aromatic carbocycles. The molecule has 0 heterocycles. The molecule has 0 fully saturated rings. The Balaban J connectivity index is 5.58. The molecule has 0 aromatic rings. The Bertz CT molecular complexity index is 1840. The summed E-state index contributed by atoms with van der Waals surface area (Å²) in [6.07, 6.45) is -5.61. The van der Waals surface area contributed by atoms with Crippen LogP contribution in [0.4, 0.5) is 0 Å². The number of carbonyl (C=O) groups is 15. The zero-order valence-corrected chi connectivity index (χ0v) is 34.9. The molecule has 0 aliphatic carbocycles. The third-order valence-corrected chi connectivity index (χ3v) is 8.31. The second-order valence-electron chi connectivity index (χ2n) is 13.7. The fourth-order valence-corrected chi connectivity index (χ4v) is 4.99. The van der Waals surface area contributed by atoms with Gasteiger partial charge in [-0.3, -0.25) is 71.9 Å². The summed E-state index contributed by atoms with van der Waals surface area (Å²) in [7, 11) is 0. The minimum Gasteiger partial charge on any atom is -0.481 e. The van der Waals surface area contributed by atoms with Crippen LogP contribution >= 0.6 is 0 Å². The van der Waals surface area contributed by atoms with E-state index in [2.05, 4.69) is 42.5 Å². The Morgan fingerprint density at radius 2 is 0.515 bits per heavy atom. The predicted molar refractivity (Wildman–Crippen MR) is 213 cm³/mol. The van der Waals surface area contributed by atoms with Crippen molar-refractivity contribution in [3.05, 3.63) is 0 Å². The van der Waals surface area contributed by atoms with E-state index in [1.54, 1.807) is 0 Å². The van der Waals surface area contributed by atoms with Gasteiger partial charge in [0.15, 0.2) is 0 Å².